The molecule has 0 aliphatic heterocycles. The van der Waals surface area contributed by atoms with E-state index in [1.54, 1.807) is 49.7 Å². The fourth-order valence-electron chi connectivity index (χ4n) is 4.22. The average Bonchev–Trinajstić information content (AvgIpc) is 2.92. The highest BCUT2D eigenvalue weighted by Gasteiger charge is 2.23. The molecular formula is C29H30Cl2N4O5S. The fraction of sp³-hybridized carbons (Fsp3) is 0.310. The highest BCUT2D eigenvalue weighted by Crippen LogP contribution is 2.45. The summed E-state index contributed by atoms with van der Waals surface area (Å²) in [6.07, 6.45) is 3.44. The summed E-state index contributed by atoms with van der Waals surface area (Å²) in [6.45, 7) is 5.67. The summed E-state index contributed by atoms with van der Waals surface area (Å²) in [5.74, 6) is 0.634. The lowest BCUT2D eigenvalue weighted by atomic mass is 10.0. The van der Waals surface area contributed by atoms with Gasteiger partial charge in [0.2, 0.25) is 0 Å². The number of aryl methyl sites for hydroxylation is 2. The standard InChI is InChI=1S/C29H30Cl2N4O5S/c1-29(2,3)40-28(37)33-18-9-7-8-16(12-18)10-11-35-25-17(15-32-27(34-25)41-6)13-19(26(35)36)22-23(30)20(38-4)14-21(39-5)24(22)31/h7-9,12-15H,10-11H2,1-6H3,(H,33,37). The molecule has 0 aliphatic carbocycles. The first-order chi connectivity index (χ1) is 19.4. The minimum atomic E-state index is -0.620. The monoisotopic (exact) mass is 616 g/mol. The highest BCUT2D eigenvalue weighted by atomic mass is 35.5. The van der Waals surface area contributed by atoms with Crippen LogP contribution in [0, 0.1) is 0 Å². The number of rotatable bonds is 8. The van der Waals surface area contributed by atoms with E-state index >= 15 is 0 Å². The van der Waals surface area contributed by atoms with Crippen LogP contribution in [0.1, 0.15) is 26.3 Å². The van der Waals surface area contributed by atoms with Crippen LogP contribution < -0.4 is 20.3 Å². The third kappa shape index (κ3) is 6.89. The van der Waals surface area contributed by atoms with Gasteiger partial charge in [-0.3, -0.25) is 14.7 Å². The van der Waals surface area contributed by atoms with Crippen LogP contribution in [-0.4, -0.2) is 46.7 Å². The average molecular weight is 618 g/mol. The number of thioether (sulfide) groups is 1. The zero-order chi connectivity index (χ0) is 29.9. The van der Waals surface area contributed by atoms with Crippen LogP contribution in [0.3, 0.4) is 0 Å². The lowest BCUT2D eigenvalue weighted by Crippen LogP contribution is -2.27. The topological polar surface area (TPSA) is 105 Å². The summed E-state index contributed by atoms with van der Waals surface area (Å²) in [4.78, 5) is 35.4. The Balaban J connectivity index is 1.78. The summed E-state index contributed by atoms with van der Waals surface area (Å²) in [7, 11) is 2.95. The molecule has 0 radical (unpaired) electrons. The number of carbonyl (C=O) groups is 1. The van der Waals surface area contributed by atoms with E-state index in [4.69, 9.17) is 37.4 Å². The number of fused-ring (bicyclic) bond motifs is 1. The number of hydrogen-bond donors (Lipinski definition) is 1. The lowest BCUT2D eigenvalue weighted by Gasteiger charge is -2.20. The van der Waals surface area contributed by atoms with Crippen molar-refractivity contribution in [3.63, 3.8) is 0 Å². The van der Waals surface area contributed by atoms with Gasteiger partial charge in [-0.15, -0.1) is 0 Å². The fourth-order valence-corrected chi connectivity index (χ4v) is 5.26. The van der Waals surface area contributed by atoms with Gasteiger partial charge >= 0.3 is 6.09 Å². The number of benzene rings is 2. The minimum absolute atomic E-state index is 0.184. The maximum Gasteiger partial charge on any atom is 0.412 e. The van der Waals surface area contributed by atoms with Crippen LogP contribution in [0.5, 0.6) is 11.5 Å². The zero-order valence-corrected chi connectivity index (χ0v) is 25.8. The smallest absolute Gasteiger partial charge is 0.412 e. The molecule has 0 spiro atoms. The Morgan fingerprint density at radius 1 is 1.07 bits per heavy atom. The Morgan fingerprint density at radius 3 is 2.37 bits per heavy atom. The number of hydrogen-bond acceptors (Lipinski definition) is 8. The van der Waals surface area contributed by atoms with Crippen molar-refractivity contribution < 1.29 is 19.0 Å². The number of pyridine rings is 1. The number of amides is 1. The summed E-state index contributed by atoms with van der Waals surface area (Å²) >= 11 is 14.7. The predicted octanol–water partition coefficient (Wildman–Crippen LogP) is 7.09. The van der Waals surface area contributed by atoms with Crippen LogP contribution in [0.25, 0.3) is 22.2 Å². The molecule has 2 heterocycles. The molecule has 0 bridgehead atoms. The van der Waals surface area contributed by atoms with Crippen LogP contribution in [0.2, 0.25) is 10.0 Å². The normalized spacial score (nSPS) is 11.4. The Kier molecular flexibility index (Phi) is 9.36. The molecule has 2 aromatic heterocycles. The number of halogens is 2. The molecule has 1 amide bonds. The zero-order valence-electron chi connectivity index (χ0n) is 23.5. The summed E-state index contributed by atoms with van der Waals surface area (Å²) in [6, 6.07) is 10.6. The van der Waals surface area contributed by atoms with Crippen molar-refractivity contribution in [3.8, 4) is 22.6 Å². The second kappa shape index (κ2) is 12.6. The first-order valence-corrected chi connectivity index (χ1v) is 14.6. The Hall–Kier alpha value is -3.47. The second-order valence-electron chi connectivity index (χ2n) is 10.0. The minimum Gasteiger partial charge on any atom is -0.495 e. The number of carbonyl (C=O) groups excluding carboxylic acids is 1. The van der Waals surface area contributed by atoms with E-state index in [-0.39, 0.29) is 27.7 Å². The van der Waals surface area contributed by atoms with Crippen molar-refractivity contribution in [1.29, 1.82) is 0 Å². The van der Waals surface area contributed by atoms with Gasteiger partial charge in [0.15, 0.2) is 5.16 Å². The molecule has 2 aromatic carbocycles. The van der Waals surface area contributed by atoms with Crippen molar-refractivity contribution in [3.05, 3.63) is 68.6 Å². The molecule has 9 nitrogen and oxygen atoms in total. The maximum absolute atomic E-state index is 14.1. The van der Waals surface area contributed by atoms with Gasteiger partial charge < -0.3 is 14.2 Å². The maximum atomic E-state index is 14.1. The van der Waals surface area contributed by atoms with E-state index in [0.29, 0.717) is 45.4 Å². The third-order valence-electron chi connectivity index (χ3n) is 6.03. The molecule has 216 valence electrons. The van der Waals surface area contributed by atoms with Gasteiger partial charge in [-0.1, -0.05) is 47.1 Å². The summed E-state index contributed by atoms with van der Waals surface area (Å²) in [5.41, 5.74) is 1.53. The van der Waals surface area contributed by atoms with Gasteiger partial charge in [0, 0.05) is 35.4 Å². The third-order valence-corrected chi connectivity index (χ3v) is 7.34. The Morgan fingerprint density at radius 2 is 1.76 bits per heavy atom. The van der Waals surface area contributed by atoms with Gasteiger partial charge in [-0.25, -0.2) is 14.8 Å². The van der Waals surface area contributed by atoms with Crippen LogP contribution in [0.4, 0.5) is 10.5 Å². The molecular weight excluding hydrogens is 587 g/mol. The Labute approximate surface area is 252 Å². The SMILES string of the molecule is COc1cc(OC)c(Cl)c(-c2cc3cnc(SC)nc3n(CCc3cccc(NC(=O)OC(C)(C)C)c3)c2=O)c1Cl. The van der Waals surface area contributed by atoms with Gasteiger partial charge in [-0.2, -0.15) is 0 Å². The number of methoxy groups -OCH3 is 2. The van der Waals surface area contributed by atoms with Crippen molar-refractivity contribution in [2.75, 3.05) is 25.8 Å². The molecule has 41 heavy (non-hydrogen) atoms. The number of nitrogens with zero attached hydrogens (tertiary/aromatic N) is 3. The van der Waals surface area contributed by atoms with Crippen molar-refractivity contribution in [1.82, 2.24) is 14.5 Å². The van der Waals surface area contributed by atoms with E-state index < -0.39 is 11.7 Å². The first kappa shape index (κ1) is 30.5. The molecule has 12 heteroatoms. The quantitative estimate of drug-likeness (QED) is 0.165. The van der Waals surface area contributed by atoms with E-state index in [9.17, 15) is 9.59 Å². The largest absolute Gasteiger partial charge is 0.495 e. The van der Waals surface area contributed by atoms with Gasteiger partial charge in [0.05, 0.1) is 29.8 Å². The molecule has 0 atom stereocenters. The molecule has 4 aromatic rings. The molecule has 0 saturated carbocycles. The van der Waals surface area contributed by atoms with Gasteiger partial charge in [0.25, 0.3) is 5.56 Å². The van der Waals surface area contributed by atoms with Crippen molar-refractivity contribution >= 4 is 57.8 Å². The van der Waals surface area contributed by atoms with Gasteiger partial charge in [0.1, 0.15) is 22.7 Å². The lowest BCUT2D eigenvalue weighted by molar-refractivity contribution is 0.0636. The number of aromatic nitrogens is 3. The van der Waals surface area contributed by atoms with Crippen LogP contribution >= 0.6 is 35.0 Å². The molecule has 4 rings (SSSR count). The second-order valence-corrected chi connectivity index (χ2v) is 11.5. The molecule has 0 unspecified atom stereocenters. The van der Waals surface area contributed by atoms with Crippen molar-refractivity contribution in [2.45, 2.75) is 44.5 Å². The highest BCUT2D eigenvalue weighted by molar-refractivity contribution is 7.98. The van der Waals surface area contributed by atoms with Crippen LogP contribution in [-0.2, 0) is 17.7 Å². The summed E-state index contributed by atoms with van der Waals surface area (Å²) in [5, 5.41) is 4.28. The molecule has 0 fully saturated rings. The molecule has 0 aliphatic rings. The predicted molar refractivity (Wildman–Crippen MR) is 164 cm³/mol. The van der Waals surface area contributed by atoms with Crippen molar-refractivity contribution in [2.24, 2.45) is 0 Å². The van der Waals surface area contributed by atoms with Crippen LogP contribution in [0.15, 0.2) is 52.5 Å². The summed E-state index contributed by atoms with van der Waals surface area (Å²) < 4.78 is 17.8. The molecule has 1 N–H and O–H groups in total. The van der Waals surface area contributed by atoms with E-state index in [0.717, 1.165) is 5.56 Å². The number of nitrogens with one attached hydrogen (secondary N) is 1. The Bertz CT molecular complexity index is 1640. The van der Waals surface area contributed by atoms with E-state index in [2.05, 4.69) is 15.3 Å². The van der Waals surface area contributed by atoms with E-state index in [1.165, 1.54) is 26.0 Å². The van der Waals surface area contributed by atoms with Gasteiger partial charge in [-0.05, 0) is 57.2 Å². The van der Waals surface area contributed by atoms with E-state index in [1.807, 2.05) is 24.5 Å². The molecule has 0 saturated heterocycles. The number of ether oxygens (including phenoxy) is 3. The number of anilines is 1. The first-order valence-electron chi connectivity index (χ1n) is 12.6.